The first-order valence-electron chi connectivity index (χ1n) is 6.64. The predicted octanol–water partition coefficient (Wildman–Crippen LogP) is 1.16. The van der Waals surface area contributed by atoms with E-state index >= 15 is 0 Å². The highest BCUT2D eigenvalue weighted by Crippen LogP contribution is 2.19. The molecule has 2 rings (SSSR count). The maximum Gasteiger partial charge on any atom is 0.0522 e. The molecule has 1 fully saturated rings. The molecule has 0 aromatic carbocycles. The maximum absolute atomic E-state index is 6.07. The van der Waals surface area contributed by atoms with E-state index in [-0.39, 0.29) is 6.04 Å². The van der Waals surface area contributed by atoms with Crippen molar-refractivity contribution in [2.75, 3.05) is 13.1 Å². The lowest BCUT2D eigenvalue weighted by atomic mass is 9.96. The highest BCUT2D eigenvalue weighted by Gasteiger charge is 2.24. The molecule has 17 heavy (non-hydrogen) atoms. The Morgan fingerprint density at radius 2 is 2.35 bits per heavy atom. The zero-order chi connectivity index (χ0) is 12.3. The molecule has 1 aliphatic heterocycles. The minimum Gasteiger partial charge on any atom is -0.327 e. The van der Waals surface area contributed by atoms with Crippen LogP contribution in [0.3, 0.4) is 0 Å². The molecule has 0 amide bonds. The van der Waals surface area contributed by atoms with Crippen LogP contribution in [0.5, 0.6) is 0 Å². The lowest BCUT2D eigenvalue weighted by Gasteiger charge is -2.38. The molecule has 0 bridgehead atoms. The van der Waals surface area contributed by atoms with E-state index in [4.69, 9.17) is 5.73 Å². The fourth-order valence-corrected chi connectivity index (χ4v) is 2.76. The summed E-state index contributed by atoms with van der Waals surface area (Å²) in [4.78, 5) is 2.56. The van der Waals surface area contributed by atoms with Crippen LogP contribution in [0.4, 0.5) is 0 Å². The van der Waals surface area contributed by atoms with Crippen molar-refractivity contribution in [3.05, 3.63) is 18.0 Å². The molecule has 0 aliphatic carbocycles. The van der Waals surface area contributed by atoms with Crippen LogP contribution >= 0.6 is 0 Å². The van der Waals surface area contributed by atoms with E-state index in [1.807, 2.05) is 17.9 Å². The summed E-state index contributed by atoms with van der Waals surface area (Å²) in [7, 11) is 1.97. The summed E-state index contributed by atoms with van der Waals surface area (Å²) in [6.45, 7) is 4.44. The van der Waals surface area contributed by atoms with Gasteiger partial charge in [-0.25, -0.2) is 0 Å². The Morgan fingerprint density at radius 1 is 1.53 bits per heavy atom. The predicted molar refractivity (Wildman–Crippen MR) is 69.8 cm³/mol. The fraction of sp³-hybridized carbons (Fsp3) is 0.769. The fourth-order valence-electron chi connectivity index (χ4n) is 2.76. The Bertz CT molecular complexity index is 345. The number of rotatable bonds is 4. The Labute approximate surface area is 104 Å². The number of piperidine rings is 1. The zero-order valence-corrected chi connectivity index (χ0v) is 11.0. The summed E-state index contributed by atoms with van der Waals surface area (Å²) < 4.78 is 1.87. The quantitative estimate of drug-likeness (QED) is 0.853. The summed E-state index contributed by atoms with van der Waals surface area (Å²) in [5, 5.41) is 4.21. The molecule has 1 aromatic heterocycles. The Hall–Kier alpha value is -0.870. The summed E-state index contributed by atoms with van der Waals surface area (Å²) in [6, 6.07) is 0.851. The van der Waals surface area contributed by atoms with Gasteiger partial charge >= 0.3 is 0 Å². The number of hydrogen-bond acceptors (Lipinski definition) is 3. The number of aryl methyl sites for hydroxylation is 1. The summed E-state index contributed by atoms with van der Waals surface area (Å²) >= 11 is 0. The number of nitrogens with two attached hydrogens (primary N) is 1. The second-order valence-corrected chi connectivity index (χ2v) is 5.23. The van der Waals surface area contributed by atoms with Crippen molar-refractivity contribution in [1.82, 2.24) is 14.7 Å². The van der Waals surface area contributed by atoms with Crippen LogP contribution < -0.4 is 5.73 Å². The van der Waals surface area contributed by atoms with Gasteiger partial charge in [0.1, 0.15) is 0 Å². The van der Waals surface area contributed by atoms with Gasteiger partial charge in [-0.05, 0) is 38.3 Å². The SMILES string of the molecule is CC(N)C1CCCCN1CCc1cnn(C)c1. The summed E-state index contributed by atoms with van der Waals surface area (Å²) in [5.41, 5.74) is 7.39. The van der Waals surface area contributed by atoms with Crippen molar-refractivity contribution in [3.63, 3.8) is 0 Å². The molecule has 1 aromatic rings. The smallest absolute Gasteiger partial charge is 0.0522 e. The standard InChI is InChI=1S/C13H24N4/c1-11(14)13-5-3-4-7-17(13)8-6-12-9-15-16(2)10-12/h9-11,13H,3-8,14H2,1-2H3. The van der Waals surface area contributed by atoms with Crippen LogP contribution in [-0.4, -0.2) is 39.9 Å². The minimum atomic E-state index is 0.282. The van der Waals surface area contributed by atoms with Crippen LogP contribution in [-0.2, 0) is 13.5 Å². The van der Waals surface area contributed by atoms with Gasteiger partial charge in [-0.1, -0.05) is 6.42 Å². The Kier molecular flexibility index (Phi) is 4.18. The third-order valence-corrected chi connectivity index (χ3v) is 3.72. The average molecular weight is 236 g/mol. The maximum atomic E-state index is 6.07. The van der Waals surface area contributed by atoms with E-state index in [9.17, 15) is 0 Å². The number of likely N-dealkylation sites (tertiary alicyclic amines) is 1. The van der Waals surface area contributed by atoms with Gasteiger partial charge in [0.05, 0.1) is 6.20 Å². The number of nitrogens with zero attached hydrogens (tertiary/aromatic N) is 3. The number of aromatic nitrogens is 2. The van der Waals surface area contributed by atoms with Crippen molar-refractivity contribution < 1.29 is 0 Å². The van der Waals surface area contributed by atoms with Gasteiger partial charge in [-0.3, -0.25) is 9.58 Å². The Morgan fingerprint density at radius 3 is 3.00 bits per heavy atom. The monoisotopic (exact) mass is 236 g/mol. The van der Waals surface area contributed by atoms with Gasteiger partial charge < -0.3 is 5.73 Å². The van der Waals surface area contributed by atoms with E-state index in [1.165, 1.54) is 31.4 Å². The molecule has 2 N–H and O–H groups in total. The van der Waals surface area contributed by atoms with Gasteiger partial charge in [0.25, 0.3) is 0 Å². The normalized spacial score (nSPS) is 23.8. The molecule has 1 aliphatic rings. The van der Waals surface area contributed by atoms with E-state index in [2.05, 4.69) is 23.1 Å². The van der Waals surface area contributed by atoms with E-state index < -0.39 is 0 Å². The van der Waals surface area contributed by atoms with Crippen molar-refractivity contribution in [3.8, 4) is 0 Å². The molecule has 0 radical (unpaired) electrons. The van der Waals surface area contributed by atoms with Crippen molar-refractivity contribution in [2.24, 2.45) is 12.8 Å². The lowest BCUT2D eigenvalue weighted by molar-refractivity contribution is 0.132. The van der Waals surface area contributed by atoms with Gasteiger partial charge in [0.15, 0.2) is 0 Å². The molecular weight excluding hydrogens is 212 g/mol. The van der Waals surface area contributed by atoms with Gasteiger partial charge in [0, 0.05) is 31.9 Å². The third kappa shape index (κ3) is 3.30. The molecular formula is C13H24N4. The molecule has 2 heterocycles. The van der Waals surface area contributed by atoms with Crippen LogP contribution in [0, 0.1) is 0 Å². The van der Waals surface area contributed by atoms with Crippen molar-refractivity contribution >= 4 is 0 Å². The highest BCUT2D eigenvalue weighted by molar-refractivity contribution is 5.04. The number of hydrogen-bond donors (Lipinski definition) is 1. The molecule has 0 spiro atoms. The first-order valence-corrected chi connectivity index (χ1v) is 6.64. The third-order valence-electron chi connectivity index (χ3n) is 3.72. The summed E-state index contributed by atoms with van der Waals surface area (Å²) in [6.07, 6.45) is 9.04. The van der Waals surface area contributed by atoms with Crippen molar-refractivity contribution in [2.45, 2.75) is 44.7 Å². The topological polar surface area (TPSA) is 47.1 Å². The average Bonchev–Trinajstić information content (AvgIpc) is 2.73. The molecule has 0 saturated carbocycles. The first-order chi connectivity index (χ1) is 8.16. The highest BCUT2D eigenvalue weighted by atomic mass is 15.2. The van der Waals surface area contributed by atoms with E-state index in [0.29, 0.717) is 6.04 Å². The molecule has 4 heteroatoms. The molecule has 2 unspecified atom stereocenters. The van der Waals surface area contributed by atoms with E-state index in [0.717, 1.165) is 13.0 Å². The van der Waals surface area contributed by atoms with Crippen LogP contribution in [0.2, 0.25) is 0 Å². The second kappa shape index (κ2) is 5.65. The first kappa shape index (κ1) is 12.6. The van der Waals surface area contributed by atoms with Crippen LogP contribution in [0.15, 0.2) is 12.4 Å². The molecule has 1 saturated heterocycles. The second-order valence-electron chi connectivity index (χ2n) is 5.23. The summed E-state index contributed by atoms with van der Waals surface area (Å²) in [5.74, 6) is 0. The minimum absolute atomic E-state index is 0.282. The van der Waals surface area contributed by atoms with Crippen LogP contribution in [0.25, 0.3) is 0 Å². The van der Waals surface area contributed by atoms with Gasteiger partial charge in [-0.15, -0.1) is 0 Å². The van der Waals surface area contributed by atoms with Gasteiger partial charge in [-0.2, -0.15) is 5.10 Å². The van der Waals surface area contributed by atoms with Crippen molar-refractivity contribution in [1.29, 1.82) is 0 Å². The van der Waals surface area contributed by atoms with Gasteiger partial charge in [0.2, 0.25) is 0 Å². The molecule has 96 valence electrons. The largest absolute Gasteiger partial charge is 0.327 e. The van der Waals surface area contributed by atoms with E-state index in [1.54, 1.807) is 0 Å². The lowest BCUT2D eigenvalue weighted by Crippen LogP contribution is -2.49. The zero-order valence-electron chi connectivity index (χ0n) is 11.0. The molecule has 2 atom stereocenters. The molecule has 4 nitrogen and oxygen atoms in total. The van der Waals surface area contributed by atoms with Crippen LogP contribution in [0.1, 0.15) is 31.7 Å². The Balaban J connectivity index is 1.88.